The maximum Gasteiger partial charge on any atom is 0.261 e. The van der Waals surface area contributed by atoms with Crippen LogP contribution in [0.3, 0.4) is 0 Å². The lowest BCUT2D eigenvalue weighted by molar-refractivity contribution is 0.0966. The molecule has 0 radical (unpaired) electrons. The molecule has 2 aromatic carbocycles. The molecule has 0 spiro atoms. The molecule has 0 bridgehead atoms. The molecule has 5 rings (SSSR count). The van der Waals surface area contributed by atoms with E-state index in [4.69, 9.17) is 4.98 Å². The van der Waals surface area contributed by atoms with E-state index in [2.05, 4.69) is 71.1 Å². The van der Waals surface area contributed by atoms with E-state index in [0.717, 1.165) is 42.3 Å². The van der Waals surface area contributed by atoms with Gasteiger partial charge in [0.1, 0.15) is 5.82 Å². The van der Waals surface area contributed by atoms with Gasteiger partial charge in [0.25, 0.3) is 5.91 Å². The first-order valence-corrected chi connectivity index (χ1v) is 11.8. The molecule has 1 amide bonds. The Kier molecular flexibility index (Phi) is 5.28. The molecule has 1 fully saturated rings. The Labute approximate surface area is 186 Å². The number of likely N-dealkylation sites (tertiary alicyclic amines) is 1. The van der Waals surface area contributed by atoms with Crippen molar-refractivity contribution in [3.05, 3.63) is 64.8 Å². The third-order valence-corrected chi connectivity index (χ3v) is 7.48. The zero-order valence-corrected chi connectivity index (χ0v) is 19.1. The van der Waals surface area contributed by atoms with Crippen molar-refractivity contribution in [1.82, 2.24) is 19.8 Å². The summed E-state index contributed by atoms with van der Waals surface area (Å²) in [5.74, 6) is 1.51. The van der Waals surface area contributed by atoms with Crippen molar-refractivity contribution in [1.29, 1.82) is 0 Å². The number of rotatable bonds is 5. The number of thiophene rings is 1. The lowest BCUT2D eigenvalue weighted by atomic mass is 9.95. The first-order chi connectivity index (χ1) is 15.1. The van der Waals surface area contributed by atoms with Crippen LogP contribution in [0.4, 0.5) is 0 Å². The molecule has 6 heteroatoms. The minimum atomic E-state index is 0.0243. The van der Waals surface area contributed by atoms with Crippen molar-refractivity contribution in [3.8, 4) is 0 Å². The van der Waals surface area contributed by atoms with Crippen LogP contribution in [-0.2, 0) is 6.54 Å². The number of carbonyl (C=O) groups is 1. The first-order valence-electron chi connectivity index (χ1n) is 11.0. The largest absolute Gasteiger partial charge is 0.354 e. The number of amides is 1. The molecule has 0 aliphatic carbocycles. The average molecular weight is 433 g/mol. The van der Waals surface area contributed by atoms with E-state index in [1.807, 2.05) is 6.07 Å². The molecule has 1 aliphatic rings. The number of nitrogens with zero attached hydrogens (tertiary/aromatic N) is 3. The summed E-state index contributed by atoms with van der Waals surface area (Å²) in [6.07, 6.45) is 1.06. The van der Waals surface area contributed by atoms with Crippen LogP contribution in [-0.4, -0.2) is 40.5 Å². The van der Waals surface area contributed by atoms with Crippen LogP contribution in [0, 0.1) is 0 Å². The van der Waals surface area contributed by atoms with Gasteiger partial charge in [-0.25, -0.2) is 4.98 Å². The van der Waals surface area contributed by atoms with E-state index in [-0.39, 0.29) is 5.91 Å². The topological polar surface area (TPSA) is 50.2 Å². The van der Waals surface area contributed by atoms with Crippen molar-refractivity contribution in [2.75, 3.05) is 20.1 Å². The predicted molar refractivity (Wildman–Crippen MR) is 128 cm³/mol. The van der Waals surface area contributed by atoms with Gasteiger partial charge in [0.15, 0.2) is 0 Å². The number of fused-ring (bicyclic) bond motifs is 2. The molecule has 3 heterocycles. The van der Waals surface area contributed by atoms with Gasteiger partial charge in [-0.2, -0.15) is 0 Å². The highest BCUT2D eigenvalue weighted by Gasteiger charge is 2.31. The molecular formula is C25H28N4OS. The summed E-state index contributed by atoms with van der Waals surface area (Å²) in [5, 5.41) is 4.07. The Morgan fingerprint density at radius 3 is 2.77 bits per heavy atom. The Morgan fingerprint density at radius 1 is 1.19 bits per heavy atom. The predicted octanol–water partition coefficient (Wildman–Crippen LogP) is 5.18. The molecule has 31 heavy (non-hydrogen) atoms. The summed E-state index contributed by atoms with van der Waals surface area (Å²) in [7, 11) is 1.72. The minimum absolute atomic E-state index is 0.0243. The van der Waals surface area contributed by atoms with Gasteiger partial charge in [-0.3, -0.25) is 9.69 Å². The van der Waals surface area contributed by atoms with Gasteiger partial charge in [0, 0.05) is 30.3 Å². The van der Waals surface area contributed by atoms with Crippen LogP contribution >= 0.6 is 11.3 Å². The van der Waals surface area contributed by atoms with E-state index < -0.39 is 0 Å². The minimum Gasteiger partial charge on any atom is -0.354 e. The van der Waals surface area contributed by atoms with Gasteiger partial charge in [-0.15, -0.1) is 11.3 Å². The molecule has 1 unspecified atom stereocenters. The van der Waals surface area contributed by atoms with Gasteiger partial charge in [0.05, 0.1) is 22.5 Å². The SMILES string of the molecule is CNC(=O)c1sc2ccccc2c1C1CCN(Cc2nc3ccccc3n2C(C)C)C1. The van der Waals surface area contributed by atoms with Crippen LogP contribution in [0.5, 0.6) is 0 Å². The Hall–Kier alpha value is -2.70. The summed E-state index contributed by atoms with van der Waals surface area (Å²) in [6.45, 7) is 7.24. The van der Waals surface area contributed by atoms with Crippen molar-refractivity contribution < 1.29 is 4.79 Å². The Morgan fingerprint density at radius 2 is 1.97 bits per heavy atom. The number of hydrogen-bond donors (Lipinski definition) is 1. The van der Waals surface area contributed by atoms with E-state index in [1.54, 1.807) is 18.4 Å². The number of hydrogen-bond acceptors (Lipinski definition) is 4. The second-order valence-corrected chi connectivity index (χ2v) is 9.67. The van der Waals surface area contributed by atoms with Crippen LogP contribution in [0.15, 0.2) is 48.5 Å². The zero-order chi connectivity index (χ0) is 21.5. The fraction of sp³-hybridized carbons (Fsp3) is 0.360. The molecule has 5 nitrogen and oxygen atoms in total. The number of nitrogens with one attached hydrogen (secondary N) is 1. The number of aromatic nitrogens is 2. The number of imidazole rings is 1. The van der Waals surface area contributed by atoms with Crippen molar-refractivity contribution in [3.63, 3.8) is 0 Å². The quantitative estimate of drug-likeness (QED) is 0.473. The number of benzene rings is 2. The molecule has 1 saturated heterocycles. The summed E-state index contributed by atoms with van der Waals surface area (Å²) in [5.41, 5.74) is 3.49. The molecule has 1 aliphatic heterocycles. The molecule has 2 aromatic heterocycles. The second kappa shape index (κ2) is 8.09. The highest BCUT2D eigenvalue weighted by atomic mass is 32.1. The Balaban J connectivity index is 1.45. The first kappa shape index (κ1) is 20.2. The number of para-hydroxylation sites is 2. The third kappa shape index (κ3) is 3.54. The van der Waals surface area contributed by atoms with Crippen LogP contribution in [0.1, 0.15) is 53.3 Å². The molecule has 1 N–H and O–H groups in total. The van der Waals surface area contributed by atoms with Crippen LogP contribution < -0.4 is 5.32 Å². The van der Waals surface area contributed by atoms with Crippen molar-refractivity contribution >= 4 is 38.4 Å². The normalized spacial score (nSPS) is 17.2. The fourth-order valence-corrected chi connectivity index (χ4v) is 6.18. The third-order valence-electron chi connectivity index (χ3n) is 6.30. The summed E-state index contributed by atoms with van der Waals surface area (Å²) in [6, 6.07) is 17.2. The van der Waals surface area contributed by atoms with E-state index in [1.165, 1.54) is 21.2 Å². The van der Waals surface area contributed by atoms with Gasteiger partial charge in [-0.1, -0.05) is 30.3 Å². The summed E-state index contributed by atoms with van der Waals surface area (Å²) >= 11 is 1.61. The van der Waals surface area contributed by atoms with E-state index in [0.29, 0.717) is 12.0 Å². The molecule has 160 valence electrons. The smallest absolute Gasteiger partial charge is 0.261 e. The van der Waals surface area contributed by atoms with E-state index in [9.17, 15) is 4.79 Å². The maximum absolute atomic E-state index is 12.6. The fourth-order valence-electron chi connectivity index (χ4n) is 4.95. The maximum atomic E-state index is 12.6. The standard InChI is InChI=1S/C25H28N4OS/c1-16(2)29-20-10-6-5-9-19(20)27-22(29)15-28-13-12-17(14-28)23-18-8-4-7-11-21(18)31-24(23)25(30)26-3/h4-11,16-17H,12-15H2,1-3H3,(H,26,30). The van der Waals surface area contributed by atoms with Crippen LogP contribution in [0.2, 0.25) is 0 Å². The highest BCUT2D eigenvalue weighted by molar-refractivity contribution is 7.21. The monoisotopic (exact) mass is 432 g/mol. The molecule has 4 aromatic rings. The highest BCUT2D eigenvalue weighted by Crippen LogP contribution is 2.40. The van der Waals surface area contributed by atoms with E-state index >= 15 is 0 Å². The van der Waals surface area contributed by atoms with Gasteiger partial charge < -0.3 is 9.88 Å². The summed E-state index contributed by atoms with van der Waals surface area (Å²) in [4.78, 5) is 20.9. The van der Waals surface area contributed by atoms with Crippen LogP contribution in [0.25, 0.3) is 21.1 Å². The van der Waals surface area contributed by atoms with Gasteiger partial charge >= 0.3 is 0 Å². The lowest BCUT2D eigenvalue weighted by Crippen LogP contribution is -2.23. The van der Waals surface area contributed by atoms with Gasteiger partial charge in [0.2, 0.25) is 0 Å². The van der Waals surface area contributed by atoms with Gasteiger partial charge in [-0.05, 0) is 56.0 Å². The number of carbonyl (C=O) groups excluding carboxylic acids is 1. The van der Waals surface area contributed by atoms with Crippen molar-refractivity contribution in [2.45, 2.75) is 38.8 Å². The molecule has 1 atom stereocenters. The molecule has 0 saturated carbocycles. The summed E-state index contributed by atoms with van der Waals surface area (Å²) < 4.78 is 3.55. The average Bonchev–Trinajstić information content (AvgIpc) is 3.47. The second-order valence-electron chi connectivity index (χ2n) is 8.62. The lowest BCUT2D eigenvalue weighted by Gasteiger charge is -2.19. The molecular weight excluding hydrogens is 404 g/mol. The Bertz CT molecular complexity index is 1260. The van der Waals surface area contributed by atoms with Crippen molar-refractivity contribution in [2.24, 2.45) is 0 Å². The zero-order valence-electron chi connectivity index (χ0n) is 18.3.